The molecule has 164 valence electrons. The molecule has 0 aliphatic carbocycles. The maximum Gasteiger partial charge on any atom is 0.379 e. The third kappa shape index (κ3) is 6.74. The summed E-state index contributed by atoms with van der Waals surface area (Å²) in [5.41, 5.74) is 8.81. The Bertz CT molecular complexity index is 1080. The lowest BCUT2D eigenvalue weighted by atomic mass is 10.0. The highest BCUT2D eigenvalue weighted by Gasteiger charge is 2.19. The molecular weight excluding hydrogens is 417 g/mol. The van der Waals surface area contributed by atoms with Crippen molar-refractivity contribution in [3.8, 4) is 11.8 Å². The normalized spacial score (nSPS) is 14.8. The minimum atomic E-state index is -3.67. The summed E-state index contributed by atoms with van der Waals surface area (Å²) in [7, 11) is 0.500. The number of fused-ring (bicyclic) bond motifs is 1. The third-order valence-electron chi connectivity index (χ3n) is 4.22. The number of H-pyrrole nitrogens is 1. The third-order valence-corrected chi connectivity index (χ3v) is 4.22. The largest absolute Gasteiger partial charge is 0.465 e. The molecule has 1 atom stereocenters. The summed E-state index contributed by atoms with van der Waals surface area (Å²) in [5, 5.41) is 1.07. The summed E-state index contributed by atoms with van der Waals surface area (Å²) in [6.07, 6.45) is 2.48. The molecule has 0 radical (unpaired) electrons. The zero-order valence-corrected chi connectivity index (χ0v) is 16.5. The second kappa shape index (κ2) is 11.6. The molecule has 1 aliphatic heterocycles. The number of alkyl halides is 4. The number of aromatic nitrogens is 1. The summed E-state index contributed by atoms with van der Waals surface area (Å²) in [6, 6.07) is 12.5. The van der Waals surface area contributed by atoms with Crippen molar-refractivity contribution in [2.45, 2.75) is 19.1 Å². The van der Waals surface area contributed by atoms with Crippen molar-refractivity contribution in [2.24, 2.45) is 10.7 Å². The average molecular weight is 437 g/mol. The topological polar surface area (TPSA) is 63.4 Å². The van der Waals surface area contributed by atoms with Crippen LogP contribution in [-0.2, 0) is 4.74 Å². The molecule has 2 heterocycles. The van der Waals surface area contributed by atoms with Gasteiger partial charge in [-0.05, 0) is 36.4 Å². The number of rotatable bonds is 1. The van der Waals surface area contributed by atoms with Gasteiger partial charge in [0.15, 0.2) is 0 Å². The molecule has 0 amide bonds. The summed E-state index contributed by atoms with van der Waals surface area (Å²) in [4.78, 5) is 7.35. The van der Waals surface area contributed by atoms with E-state index in [1.165, 1.54) is 6.07 Å². The van der Waals surface area contributed by atoms with E-state index in [0.717, 1.165) is 22.0 Å². The molecule has 3 N–H and O–H groups in total. The number of halogens is 5. The van der Waals surface area contributed by atoms with Crippen molar-refractivity contribution in [1.82, 2.24) is 4.98 Å². The Labute approximate surface area is 175 Å². The molecule has 1 unspecified atom stereocenters. The van der Waals surface area contributed by atoms with Gasteiger partial charge >= 0.3 is 6.68 Å². The second-order valence-corrected chi connectivity index (χ2v) is 6.10. The molecule has 3 aromatic rings. The molecule has 4 nitrogen and oxygen atoms in total. The number of nitrogens with zero attached hydrogens (tertiary/aromatic N) is 1. The first kappa shape index (κ1) is 23.7. The van der Waals surface area contributed by atoms with E-state index in [1.54, 1.807) is 12.1 Å². The highest BCUT2D eigenvalue weighted by atomic mass is 19.4. The number of aliphatic imine (C=N–C) groups is 1. The number of benzene rings is 2. The highest BCUT2D eigenvalue weighted by molar-refractivity contribution is 5.85. The van der Waals surface area contributed by atoms with Gasteiger partial charge in [-0.25, -0.2) is 9.38 Å². The molecule has 1 aliphatic rings. The SMILES string of the molecule is CF.FC(F)F.NC1=NC(c2cc(C#Cc3cccc4[nH]ccc34)ccc2F)CCO1. The van der Waals surface area contributed by atoms with E-state index >= 15 is 0 Å². The van der Waals surface area contributed by atoms with Crippen LogP contribution >= 0.6 is 0 Å². The van der Waals surface area contributed by atoms with Crippen LogP contribution in [0.3, 0.4) is 0 Å². The predicted octanol–water partition coefficient (Wildman–Crippen LogP) is 5.25. The zero-order chi connectivity index (χ0) is 22.8. The van der Waals surface area contributed by atoms with Crippen LogP contribution in [-0.4, -0.2) is 31.5 Å². The van der Waals surface area contributed by atoms with E-state index in [2.05, 4.69) is 21.8 Å². The Morgan fingerprint density at radius 1 is 1.13 bits per heavy atom. The fourth-order valence-corrected chi connectivity index (χ4v) is 2.97. The van der Waals surface area contributed by atoms with E-state index in [1.807, 2.05) is 30.5 Å². The van der Waals surface area contributed by atoms with Crippen molar-refractivity contribution >= 4 is 16.9 Å². The number of nitrogens with one attached hydrogen (secondary N) is 1. The molecule has 0 saturated heterocycles. The molecule has 0 spiro atoms. The van der Waals surface area contributed by atoms with Crippen LogP contribution in [0.1, 0.15) is 29.2 Å². The highest BCUT2D eigenvalue weighted by Crippen LogP contribution is 2.27. The quantitative estimate of drug-likeness (QED) is 0.404. The van der Waals surface area contributed by atoms with Gasteiger partial charge in [0, 0.05) is 40.2 Å². The fraction of sp³-hybridized carbons (Fsp3) is 0.227. The number of hydrogen-bond donors (Lipinski definition) is 2. The van der Waals surface area contributed by atoms with Crippen molar-refractivity contribution in [3.05, 3.63) is 71.2 Å². The van der Waals surface area contributed by atoms with Gasteiger partial charge < -0.3 is 15.5 Å². The fourth-order valence-electron chi connectivity index (χ4n) is 2.97. The van der Waals surface area contributed by atoms with Crippen molar-refractivity contribution in [1.29, 1.82) is 0 Å². The summed E-state index contributed by atoms with van der Waals surface area (Å²) in [5.74, 6) is 5.99. The Morgan fingerprint density at radius 3 is 2.58 bits per heavy atom. The van der Waals surface area contributed by atoms with Crippen LogP contribution in [0.5, 0.6) is 0 Å². The van der Waals surface area contributed by atoms with Gasteiger partial charge in [-0.1, -0.05) is 17.9 Å². The van der Waals surface area contributed by atoms with E-state index in [0.29, 0.717) is 25.8 Å². The van der Waals surface area contributed by atoms with Gasteiger partial charge in [-0.2, -0.15) is 13.2 Å². The van der Waals surface area contributed by atoms with Crippen LogP contribution in [0, 0.1) is 17.7 Å². The van der Waals surface area contributed by atoms with Crippen LogP contribution in [0.25, 0.3) is 10.9 Å². The minimum absolute atomic E-state index is 0.103. The first-order chi connectivity index (χ1) is 14.9. The maximum absolute atomic E-state index is 14.2. The summed E-state index contributed by atoms with van der Waals surface area (Å²) < 4.78 is 57.8. The lowest BCUT2D eigenvalue weighted by molar-refractivity contribution is 0.00819. The zero-order valence-electron chi connectivity index (χ0n) is 16.5. The number of aromatic amines is 1. The van der Waals surface area contributed by atoms with Crippen molar-refractivity contribution in [2.75, 3.05) is 13.8 Å². The van der Waals surface area contributed by atoms with Gasteiger partial charge in [0.25, 0.3) is 6.02 Å². The van der Waals surface area contributed by atoms with Gasteiger partial charge in [0.05, 0.1) is 19.8 Å². The van der Waals surface area contributed by atoms with E-state index < -0.39 is 6.68 Å². The molecular formula is C22H20F5N3O. The maximum atomic E-state index is 14.2. The number of hydrogen-bond acceptors (Lipinski definition) is 3. The Kier molecular flexibility index (Phi) is 8.88. The van der Waals surface area contributed by atoms with Gasteiger partial charge in [-0.15, -0.1) is 0 Å². The Hall–Kier alpha value is -3.54. The number of nitrogens with two attached hydrogens (primary N) is 1. The summed E-state index contributed by atoms with van der Waals surface area (Å²) >= 11 is 0. The molecule has 9 heteroatoms. The van der Waals surface area contributed by atoms with Crippen LogP contribution in [0.15, 0.2) is 53.7 Å². The van der Waals surface area contributed by atoms with Crippen LogP contribution in [0.2, 0.25) is 0 Å². The Morgan fingerprint density at radius 2 is 1.87 bits per heavy atom. The standard InChI is InChI=1S/C20H16FN3O.CHF3.CH3F/c21-17-7-5-13(12-16(17)19-9-11-25-20(22)24-19)4-6-14-2-1-3-18-15(14)8-10-23-18;2-1(3)4;1-2/h1-3,5,7-8,10,12,19,23H,9,11H2,(H2,22,24);1H;1H3. The number of ether oxygens (including phenoxy) is 1. The number of amidine groups is 1. The lowest BCUT2D eigenvalue weighted by Gasteiger charge is -2.19. The van der Waals surface area contributed by atoms with Crippen LogP contribution in [0.4, 0.5) is 22.0 Å². The molecule has 1 aromatic heterocycles. The molecule has 0 saturated carbocycles. The van der Waals surface area contributed by atoms with E-state index in [4.69, 9.17) is 10.5 Å². The average Bonchev–Trinajstić information content (AvgIpc) is 3.24. The van der Waals surface area contributed by atoms with Crippen molar-refractivity contribution in [3.63, 3.8) is 0 Å². The second-order valence-electron chi connectivity index (χ2n) is 6.10. The van der Waals surface area contributed by atoms with Crippen molar-refractivity contribution < 1.29 is 26.7 Å². The minimum Gasteiger partial charge on any atom is -0.465 e. The summed E-state index contributed by atoms with van der Waals surface area (Å²) in [6.45, 7) is -3.23. The monoisotopic (exact) mass is 437 g/mol. The van der Waals surface area contributed by atoms with Gasteiger partial charge in [0.1, 0.15) is 5.82 Å². The smallest absolute Gasteiger partial charge is 0.379 e. The van der Waals surface area contributed by atoms with E-state index in [9.17, 15) is 22.0 Å². The molecule has 2 aromatic carbocycles. The van der Waals surface area contributed by atoms with Gasteiger partial charge in [0.2, 0.25) is 0 Å². The van der Waals surface area contributed by atoms with Gasteiger partial charge in [-0.3, -0.25) is 4.39 Å². The first-order valence-corrected chi connectivity index (χ1v) is 9.07. The first-order valence-electron chi connectivity index (χ1n) is 9.07. The Balaban J connectivity index is 0.000000513. The lowest BCUT2D eigenvalue weighted by Crippen LogP contribution is -2.24. The molecule has 31 heavy (non-hydrogen) atoms. The molecule has 4 rings (SSSR count). The predicted molar refractivity (Wildman–Crippen MR) is 110 cm³/mol. The van der Waals surface area contributed by atoms with E-state index in [-0.39, 0.29) is 17.9 Å². The molecule has 0 bridgehead atoms. The van der Waals surface area contributed by atoms with Crippen LogP contribution < -0.4 is 5.73 Å². The molecule has 0 fully saturated rings.